The number of nitrogens with zero attached hydrogens (tertiary/aromatic N) is 1. The number of Topliss-reactive ketones (excluding diaryl/α,β-unsaturated/α-hetero) is 1. The fourth-order valence-corrected chi connectivity index (χ4v) is 3.69. The number of ketones is 1. The molecule has 0 fully saturated rings. The van der Waals surface area contributed by atoms with Crippen LogP contribution >= 0.6 is 34.2 Å². The lowest BCUT2D eigenvalue weighted by atomic mass is 9.81. The number of fused-ring (bicyclic) bond motifs is 1. The van der Waals surface area contributed by atoms with E-state index in [-0.39, 0.29) is 5.78 Å². The van der Waals surface area contributed by atoms with Crippen LogP contribution in [0.15, 0.2) is 6.07 Å². The van der Waals surface area contributed by atoms with Crippen molar-refractivity contribution in [1.82, 2.24) is 4.57 Å². The predicted octanol–water partition coefficient (Wildman–Crippen LogP) is 1.89. The van der Waals surface area contributed by atoms with E-state index in [9.17, 15) is 14.7 Å². The second-order valence-corrected chi connectivity index (χ2v) is 6.15. The molecule has 1 aliphatic heterocycles. The van der Waals surface area contributed by atoms with Crippen molar-refractivity contribution in [3.05, 3.63) is 20.5 Å². The van der Waals surface area contributed by atoms with E-state index in [1.165, 1.54) is 14.0 Å². The zero-order valence-electron chi connectivity index (χ0n) is 10.6. The van der Waals surface area contributed by atoms with Crippen molar-refractivity contribution in [3.63, 3.8) is 0 Å². The highest BCUT2D eigenvalue weighted by Crippen LogP contribution is 2.49. The Labute approximate surface area is 129 Å². The van der Waals surface area contributed by atoms with Crippen LogP contribution < -0.4 is 0 Å². The molecule has 5 nitrogen and oxygen atoms in total. The summed E-state index contributed by atoms with van der Waals surface area (Å²) in [5, 5.41) is 11.2. The van der Waals surface area contributed by atoms with E-state index in [4.69, 9.17) is 11.6 Å². The monoisotopic (exact) mass is 397 g/mol. The Morgan fingerprint density at radius 3 is 2.63 bits per heavy atom. The molecule has 2 heterocycles. The third-order valence-electron chi connectivity index (χ3n) is 3.60. The van der Waals surface area contributed by atoms with Crippen molar-refractivity contribution < 1.29 is 19.4 Å². The van der Waals surface area contributed by atoms with Gasteiger partial charge < -0.3 is 14.4 Å². The molecule has 0 radical (unpaired) electrons. The lowest BCUT2D eigenvalue weighted by Gasteiger charge is -2.26. The highest BCUT2D eigenvalue weighted by Gasteiger charge is 2.59. The summed E-state index contributed by atoms with van der Waals surface area (Å²) in [7, 11) is 1.18. The van der Waals surface area contributed by atoms with E-state index in [0.717, 1.165) is 0 Å². The highest BCUT2D eigenvalue weighted by molar-refractivity contribution is 14.1. The Morgan fingerprint density at radius 1 is 1.58 bits per heavy atom. The Kier molecular flexibility index (Phi) is 3.70. The number of halogens is 2. The fourth-order valence-electron chi connectivity index (χ4n) is 2.84. The summed E-state index contributed by atoms with van der Waals surface area (Å²) >= 11 is 8.19. The van der Waals surface area contributed by atoms with Crippen molar-refractivity contribution in [2.75, 3.05) is 7.11 Å². The summed E-state index contributed by atoms with van der Waals surface area (Å²) in [5.41, 5.74) is -1.67. The van der Waals surface area contributed by atoms with Gasteiger partial charge in [0.15, 0.2) is 0 Å². The van der Waals surface area contributed by atoms with E-state index < -0.39 is 23.5 Å². The van der Waals surface area contributed by atoms with E-state index in [2.05, 4.69) is 4.74 Å². The third kappa shape index (κ3) is 1.84. The molecule has 0 saturated heterocycles. The standard InChI is InChI=1S/C12H13ClINO4/c1-5-9(6(2)16)12(18,11(17)19-3)8-4-7(14)10(13)15(5)8/h4-5,9,18H,1-3H3. The molecular weight excluding hydrogens is 384 g/mol. The second kappa shape index (κ2) is 4.75. The molecule has 2 rings (SSSR count). The molecule has 0 spiro atoms. The average Bonchev–Trinajstić information content (AvgIpc) is 2.75. The van der Waals surface area contributed by atoms with Crippen LogP contribution in [0.5, 0.6) is 0 Å². The maximum Gasteiger partial charge on any atom is 0.345 e. The quantitative estimate of drug-likeness (QED) is 0.611. The minimum Gasteiger partial charge on any atom is -0.467 e. The van der Waals surface area contributed by atoms with Gasteiger partial charge >= 0.3 is 5.97 Å². The van der Waals surface area contributed by atoms with Crippen LogP contribution in [0.1, 0.15) is 25.6 Å². The summed E-state index contributed by atoms with van der Waals surface area (Å²) in [6.45, 7) is 3.10. The molecule has 0 bridgehead atoms. The zero-order chi connectivity index (χ0) is 14.5. The number of esters is 1. The first-order valence-electron chi connectivity index (χ1n) is 5.64. The number of aromatic nitrogens is 1. The molecule has 1 aliphatic rings. The molecule has 0 aromatic carbocycles. The number of hydrogen-bond acceptors (Lipinski definition) is 4. The third-order valence-corrected chi connectivity index (χ3v) is 5.12. The number of rotatable bonds is 2. The molecule has 0 aliphatic carbocycles. The van der Waals surface area contributed by atoms with E-state index in [1.54, 1.807) is 17.6 Å². The van der Waals surface area contributed by atoms with Crippen LogP contribution in [0.25, 0.3) is 0 Å². The molecule has 7 heteroatoms. The van der Waals surface area contributed by atoms with Crippen molar-refractivity contribution in [1.29, 1.82) is 0 Å². The van der Waals surface area contributed by atoms with Gasteiger partial charge in [-0.15, -0.1) is 0 Å². The SMILES string of the molecule is COC(=O)C1(O)c2cc(I)c(Cl)n2C(C)C1C(C)=O. The molecule has 0 saturated carbocycles. The van der Waals surface area contributed by atoms with Crippen molar-refractivity contribution >= 4 is 45.9 Å². The normalized spacial score (nSPS) is 29.2. The Balaban J connectivity index is 2.72. The maximum atomic E-state index is 12.0. The van der Waals surface area contributed by atoms with E-state index in [0.29, 0.717) is 14.4 Å². The molecule has 1 aromatic rings. The zero-order valence-corrected chi connectivity index (χ0v) is 13.5. The van der Waals surface area contributed by atoms with Crippen LogP contribution in [0.3, 0.4) is 0 Å². The van der Waals surface area contributed by atoms with Crippen LogP contribution in [0.4, 0.5) is 0 Å². The Morgan fingerprint density at radius 2 is 2.16 bits per heavy atom. The predicted molar refractivity (Wildman–Crippen MR) is 77.0 cm³/mol. The van der Waals surface area contributed by atoms with Gasteiger partial charge in [0.2, 0.25) is 5.60 Å². The Hall–Kier alpha value is -0.600. The molecule has 1 N–H and O–H groups in total. The number of aliphatic hydroxyl groups is 1. The average molecular weight is 398 g/mol. The van der Waals surface area contributed by atoms with Gasteiger partial charge in [0.25, 0.3) is 0 Å². The lowest BCUT2D eigenvalue weighted by molar-refractivity contribution is -0.172. The smallest absolute Gasteiger partial charge is 0.345 e. The minimum atomic E-state index is -1.98. The molecule has 0 amide bonds. The van der Waals surface area contributed by atoms with Crippen LogP contribution in [0.2, 0.25) is 5.15 Å². The maximum absolute atomic E-state index is 12.0. The summed E-state index contributed by atoms with van der Waals surface area (Å²) in [5.74, 6) is -2.02. The van der Waals surface area contributed by atoms with E-state index in [1.807, 2.05) is 22.6 Å². The number of hydrogen-bond donors (Lipinski definition) is 1. The molecular formula is C12H13ClINO4. The molecule has 3 unspecified atom stereocenters. The van der Waals surface area contributed by atoms with Crippen molar-refractivity contribution in [3.8, 4) is 0 Å². The van der Waals surface area contributed by atoms with Gasteiger partial charge in [0.1, 0.15) is 10.9 Å². The first-order valence-corrected chi connectivity index (χ1v) is 7.10. The molecule has 19 heavy (non-hydrogen) atoms. The molecule has 104 valence electrons. The van der Waals surface area contributed by atoms with Gasteiger partial charge in [0, 0.05) is 6.04 Å². The van der Waals surface area contributed by atoms with Crippen LogP contribution in [-0.2, 0) is 19.9 Å². The van der Waals surface area contributed by atoms with Gasteiger partial charge in [-0.1, -0.05) is 11.6 Å². The lowest BCUT2D eigenvalue weighted by Crippen LogP contribution is -2.44. The first-order chi connectivity index (χ1) is 8.76. The number of carbonyl (C=O) groups is 2. The topological polar surface area (TPSA) is 68.5 Å². The van der Waals surface area contributed by atoms with Crippen LogP contribution in [-0.4, -0.2) is 28.5 Å². The van der Waals surface area contributed by atoms with Crippen LogP contribution in [0, 0.1) is 9.49 Å². The van der Waals surface area contributed by atoms with Gasteiger partial charge in [-0.25, -0.2) is 4.79 Å². The van der Waals surface area contributed by atoms with Crippen molar-refractivity contribution in [2.45, 2.75) is 25.5 Å². The molecule has 1 aromatic heterocycles. The number of methoxy groups -OCH3 is 1. The van der Waals surface area contributed by atoms with Gasteiger partial charge in [-0.3, -0.25) is 4.79 Å². The largest absolute Gasteiger partial charge is 0.467 e. The summed E-state index contributed by atoms with van der Waals surface area (Å²) in [4.78, 5) is 23.8. The minimum absolute atomic E-state index is 0.282. The molecule has 3 atom stereocenters. The van der Waals surface area contributed by atoms with Gasteiger partial charge in [-0.2, -0.15) is 0 Å². The highest BCUT2D eigenvalue weighted by atomic mass is 127. The second-order valence-electron chi connectivity index (χ2n) is 4.63. The van der Waals surface area contributed by atoms with E-state index >= 15 is 0 Å². The number of carbonyl (C=O) groups excluding carboxylic acids is 2. The summed E-state index contributed by atoms with van der Waals surface area (Å²) in [6, 6.07) is 1.20. The summed E-state index contributed by atoms with van der Waals surface area (Å²) in [6.07, 6.45) is 0. The number of ether oxygens (including phenoxy) is 1. The van der Waals surface area contributed by atoms with Crippen molar-refractivity contribution in [2.24, 2.45) is 5.92 Å². The first kappa shape index (κ1) is 14.8. The van der Waals surface area contributed by atoms with Gasteiger partial charge in [0.05, 0.1) is 22.3 Å². The van der Waals surface area contributed by atoms with Gasteiger partial charge in [-0.05, 0) is 42.5 Å². The Bertz CT molecular complexity index is 570. The fraction of sp³-hybridized carbons (Fsp3) is 0.500. The summed E-state index contributed by atoms with van der Waals surface area (Å²) < 4.78 is 7.00.